The number of hydrogen-bond donors (Lipinski definition) is 1. The van der Waals surface area contributed by atoms with Crippen molar-refractivity contribution in [3.63, 3.8) is 0 Å². The second-order valence-electron chi connectivity index (χ2n) is 10.4. The van der Waals surface area contributed by atoms with Crippen molar-refractivity contribution in [3.05, 3.63) is 88.7 Å². The van der Waals surface area contributed by atoms with Crippen LogP contribution in [0.25, 0.3) is 11.1 Å². The highest BCUT2D eigenvalue weighted by Gasteiger charge is 2.37. The minimum Gasteiger partial charge on any atom is -0.486 e. The van der Waals surface area contributed by atoms with Crippen molar-refractivity contribution in [1.29, 1.82) is 0 Å². The summed E-state index contributed by atoms with van der Waals surface area (Å²) in [6.07, 6.45) is 2.85. The van der Waals surface area contributed by atoms with Crippen LogP contribution in [-0.2, 0) is 11.4 Å². The maximum atomic E-state index is 15.1. The molecule has 3 nitrogen and oxygen atoms in total. The van der Waals surface area contributed by atoms with Gasteiger partial charge in [-0.15, -0.1) is 0 Å². The second-order valence-corrected chi connectivity index (χ2v) is 10.4. The smallest absolute Gasteiger partial charge is 0.303 e. The Bertz CT molecular complexity index is 1270. The molecule has 3 aromatic rings. The van der Waals surface area contributed by atoms with Crippen molar-refractivity contribution in [3.8, 4) is 16.9 Å². The van der Waals surface area contributed by atoms with Crippen LogP contribution < -0.4 is 4.74 Å². The molecule has 6 heteroatoms. The molecule has 0 aromatic heterocycles. The first-order valence-electron chi connectivity index (χ1n) is 12.3. The fourth-order valence-corrected chi connectivity index (χ4v) is 5.40. The normalized spacial score (nSPS) is 17.7. The van der Waals surface area contributed by atoms with Crippen LogP contribution in [0.15, 0.2) is 54.6 Å². The van der Waals surface area contributed by atoms with Crippen molar-refractivity contribution in [2.45, 2.75) is 64.9 Å². The molecule has 2 unspecified atom stereocenters. The second kappa shape index (κ2) is 10.4. The number of carbonyl (C=O) groups is 1. The first-order valence-corrected chi connectivity index (χ1v) is 12.3. The third-order valence-corrected chi connectivity index (χ3v) is 7.37. The number of hydrogen-bond acceptors (Lipinski definition) is 2. The molecule has 0 radical (unpaired) electrons. The molecule has 0 heterocycles. The zero-order chi connectivity index (χ0) is 26.0. The summed E-state index contributed by atoms with van der Waals surface area (Å²) in [5, 5.41) is 9.05. The van der Waals surface area contributed by atoms with Crippen LogP contribution >= 0.6 is 0 Å². The maximum absolute atomic E-state index is 15.1. The highest BCUT2D eigenvalue weighted by molar-refractivity contribution is 5.70. The molecule has 4 rings (SSSR count). The van der Waals surface area contributed by atoms with Gasteiger partial charge in [-0.2, -0.15) is 0 Å². The summed E-state index contributed by atoms with van der Waals surface area (Å²) in [5.41, 5.74) is 2.90. The van der Waals surface area contributed by atoms with Crippen LogP contribution in [0, 0.1) is 22.9 Å². The lowest BCUT2D eigenvalue weighted by Crippen LogP contribution is -2.17. The number of carboxylic acids is 1. The van der Waals surface area contributed by atoms with E-state index < -0.39 is 29.3 Å². The van der Waals surface area contributed by atoms with E-state index in [-0.39, 0.29) is 35.7 Å². The number of carboxylic acid groups (broad SMARTS) is 1. The van der Waals surface area contributed by atoms with E-state index in [0.29, 0.717) is 11.1 Å². The molecule has 1 aliphatic carbocycles. The third kappa shape index (κ3) is 5.43. The Morgan fingerprint density at radius 2 is 1.86 bits per heavy atom. The molecular formula is C30H31F3O3. The minimum atomic E-state index is -0.995. The Morgan fingerprint density at radius 1 is 1.08 bits per heavy atom. The topological polar surface area (TPSA) is 46.5 Å². The van der Waals surface area contributed by atoms with Crippen LogP contribution in [0.2, 0.25) is 0 Å². The summed E-state index contributed by atoms with van der Waals surface area (Å²) in [4.78, 5) is 11.0. The van der Waals surface area contributed by atoms with E-state index in [1.807, 2.05) is 6.07 Å². The fraction of sp³-hybridized carbons (Fsp3) is 0.367. The van der Waals surface area contributed by atoms with Gasteiger partial charge in [0.2, 0.25) is 0 Å². The number of benzene rings is 3. The molecule has 1 aliphatic rings. The Labute approximate surface area is 209 Å². The van der Waals surface area contributed by atoms with Gasteiger partial charge < -0.3 is 9.84 Å². The van der Waals surface area contributed by atoms with Gasteiger partial charge in [-0.3, -0.25) is 4.79 Å². The van der Waals surface area contributed by atoms with E-state index in [2.05, 4.69) is 13.8 Å². The molecular weight excluding hydrogens is 465 g/mol. The van der Waals surface area contributed by atoms with Gasteiger partial charge in [-0.05, 0) is 76.6 Å². The molecule has 3 aromatic carbocycles. The summed E-state index contributed by atoms with van der Waals surface area (Å²) in [7, 11) is 0. The van der Waals surface area contributed by atoms with Crippen LogP contribution in [0.4, 0.5) is 13.2 Å². The summed E-state index contributed by atoms with van der Waals surface area (Å²) < 4.78 is 49.7. The lowest BCUT2D eigenvalue weighted by atomic mass is 9.75. The summed E-state index contributed by atoms with van der Waals surface area (Å²) in [6, 6.07) is 13.8. The van der Waals surface area contributed by atoms with E-state index in [4.69, 9.17) is 9.84 Å². The standard InChI is InChI=1S/C30H31F3O3/c1-18(14-28(34)35)21-6-4-8-27(29(21)33)36-17-19-9-11-22(24-16-20(31)10-12-26(24)32)23(15-19)25-7-5-13-30(25,2)3/h4,6,8-12,15-16,18,25H,5,7,13-14,17H2,1-3H3,(H,34,35). The molecule has 0 aliphatic heterocycles. The lowest BCUT2D eigenvalue weighted by Gasteiger charge is -2.30. The first-order chi connectivity index (χ1) is 17.1. The zero-order valence-corrected chi connectivity index (χ0v) is 20.8. The van der Waals surface area contributed by atoms with Gasteiger partial charge in [0.05, 0.1) is 6.42 Å². The monoisotopic (exact) mass is 496 g/mol. The van der Waals surface area contributed by atoms with Crippen molar-refractivity contribution in [2.75, 3.05) is 0 Å². The molecule has 0 saturated heterocycles. The SMILES string of the molecule is CC(CC(=O)O)c1cccc(OCc2ccc(-c3cc(F)ccc3F)c(C3CCCC3(C)C)c2)c1F. The Morgan fingerprint density at radius 3 is 2.56 bits per heavy atom. The van der Waals surface area contributed by atoms with Gasteiger partial charge in [0, 0.05) is 5.56 Å². The van der Waals surface area contributed by atoms with Crippen molar-refractivity contribution in [2.24, 2.45) is 5.41 Å². The maximum Gasteiger partial charge on any atom is 0.303 e. The first kappa shape index (κ1) is 25.8. The molecule has 2 atom stereocenters. The lowest BCUT2D eigenvalue weighted by molar-refractivity contribution is -0.137. The van der Waals surface area contributed by atoms with Gasteiger partial charge in [0.15, 0.2) is 11.6 Å². The van der Waals surface area contributed by atoms with Crippen molar-refractivity contribution >= 4 is 5.97 Å². The van der Waals surface area contributed by atoms with Gasteiger partial charge >= 0.3 is 5.97 Å². The van der Waals surface area contributed by atoms with Crippen LogP contribution in [0.5, 0.6) is 5.75 Å². The highest BCUT2D eigenvalue weighted by atomic mass is 19.1. The molecule has 0 amide bonds. The average Bonchev–Trinajstić information content (AvgIpc) is 3.18. The summed E-state index contributed by atoms with van der Waals surface area (Å²) >= 11 is 0. The Kier molecular flexibility index (Phi) is 7.43. The predicted octanol–water partition coefficient (Wildman–Crippen LogP) is 8.22. The summed E-state index contributed by atoms with van der Waals surface area (Å²) in [6.45, 7) is 6.13. The Hall–Kier alpha value is -3.28. The van der Waals surface area contributed by atoms with Crippen LogP contribution in [0.1, 0.15) is 75.0 Å². The predicted molar refractivity (Wildman–Crippen MR) is 134 cm³/mol. The van der Waals surface area contributed by atoms with Gasteiger partial charge in [-0.25, -0.2) is 13.2 Å². The van der Waals surface area contributed by atoms with Gasteiger partial charge in [0.25, 0.3) is 0 Å². The molecule has 190 valence electrons. The zero-order valence-electron chi connectivity index (χ0n) is 20.8. The Balaban J connectivity index is 1.66. The van der Waals surface area contributed by atoms with Crippen LogP contribution in [-0.4, -0.2) is 11.1 Å². The fourth-order valence-electron chi connectivity index (χ4n) is 5.40. The van der Waals surface area contributed by atoms with E-state index in [1.165, 1.54) is 12.1 Å². The molecule has 1 saturated carbocycles. The van der Waals surface area contributed by atoms with Gasteiger partial charge in [0.1, 0.15) is 18.2 Å². The number of aliphatic carboxylic acids is 1. The van der Waals surface area contributed by atoms with E-state index >= 15 is 4.39 Å². The number of ether oxygens (including phenoxy) is 1. The highest BCUT2D eigenvalue weighted by Crippen LogP contribution is 2.51. The van der Waals surface area contributed by atoms with Gasteiger partial charge in [-0.1, -0.05) is 57.5 Å². The molecule has 0 spiro atoms. The number of halogens is 3. The van der Waals surface area contributed by atoms with Crippen LogP contribution in [0.3, 0.4) is 0 Å². The number of rotatable bonds is 8. The van der Waals surface area contributed by atoms with E-state index in [9.17, 15) is 13.6 Å². The largest absolute Gasteiger partial charge is 0.486 e. The van der Waals surface area contributed by atoms with Crippen molar-refractivity contribution < 1.29 is 27.8 Å². The summed E-state index contributed by atoms with van der Waals surface area (Å²) in [5.74, 6) is -2.83. The average molecular weight is 497 g/mol. The minimum absolute atomic E-state index is 0.00124. The third-order valence-electron chi connectivity index (χ3n) is 7.37. The molecule has 0 bridgehead atoms. The quantitative estimate of drug-likeness (QED) is 0.342. The molecule has 1 N–H and O–H groups in total. The molecule has 36 heavy (non-hydrogen) atoms. The molecule has 1 fully saturated rings. The van der Waals surface area contributed by atoms with E-state index in [1.54, 1.807) is 31.2 Å². The van der Waals surface area contributed by atoms with E-state index in [0.717, 1.165) is 42.5 Å². The van der Waals surface area contributed by atoms with Crippen molar-refractivity contribution in [1.82, 2.24) is 0 Å².